The standard InChI is InChI=1S/C12H15FOS/c1-4-8(2)15-11-7-5-6-10(13)12(11)9(3)14/h5-8H,4H2,1-3H3. The Morgan fingerprint density at radius 2 is 2.20 bits per heavy atom. The molecule has 0 aromatic heterocycles. The van der Waals surface area contributed by atoms with Crippen molar-refractivity contribution < 1.29 is 9.18 Å². The van der Waals surface area contributed by atoms with Gasteiger partial charge in [-0.1, -0.05) is 19.9 Å². The van der Waals surface area contributed by atoms with Crippen molar-refractivity contribution in [2.75, 3.05) is 0 Å². The topological polar surface area (TPSA) is 17.1 Å². The van der Waals surface area contributed by atoms with Gasteiger partial charge in [-0.3, -0.25) is 4.79 Å². The number of rotatable bonds is 4. The number of ketones is 1. The van der Waals surface area contributed by atoms with Crippen molar-refractivity contribution >= 4 is 17.5 Å². The minimum Gasteiger partial charge on any atom is -0.294 e. The van der Waals surface area contributed by atoms with E-state index in [-0.39, 0.29) is 11.3 Å². The summed E-state index contributed by atoms with van der Waals surface area (Å²) in [7, 11) is 0. The monoisotopic (exact) mass is 226 g/mol. The van der Waals surface area contributed by atoms with Crippen molar-refractivity contribution in [3.63, 3.8) is 0 Å². The highest BCUT2D eigenvalue weighted by Crippen LogP contribution is 2.29. The maximum absolute atomic E-state index is 13.4. The Labute approximate surface area is 94.1 Å². The third-order valence-electron chi connectivity index (χ3n) is 2.23. The van der Waals surface area contributed by atoms with E-state index in [0.717, 1.165) is 11.3 Å². The molecule has 1 aromatic carbocycles. The van der Waals surface area contributed by atoms with E-state index >= 15 is 0 Å². The normalized spacial score (nSPS) is 12.5. The summed E-state index contributed by atoms with van der Waals surface area (Å²) in [5.74, 6) is -0.630. The van der Waals surface area contributed by atoms with Crippen LogP contribution in [-0.2, 0) is 0 Å². The Morgan fingerprint density at radius 1 is 1.53 bits per heavy atom. The van der Waals surface area contributed by atoms with E-state index in [4.69, 9.17) is 0 Å². The zero-order valence-electron chi connectivity index (χ0n) is 9.21. The molecular formula is C12H15FOS. The van der Waals surface area contributed by atoms with Gasteiger partial charge in [-0.05, 0) is 25.5 Å². The first-order chi connectivity index (χ1) is 7.06. The molecule has 3 heteroatoms. The average Bonchev–Trinajstić information content (AvgIpc) is 2.17. The fraction of sp³-hybridized carbons (Fsp3) is 0.417. The molecule has 1 atom stereocenters. The van der Waals surface area contributed by atoms with Crippen molar-refractivity contribution in [1.82, 2.24) is 0 Å². The second-order valence-electron chi connectivity index (χ2n) is 3.51. The largest absolute Gasteiger partial charge is 0.294 e. The highest BCUT2D eigenvalue weighted by molar-refractivity contribution is 8.00. The smallest absolute Gasteiger partial charge is 0.163 e. The molecule has 0 fully saturated rings. The number of carbonyl (C=O) groups is 1. The molecule has 0 bridgehead atoms. The molecule has 1 nitrogen and oxygen atoms in total. The summed E-state index contributed by atoms with van der Waals surface area (Å²) in [6.45, 7) is 5.54. The summed E-state index contributed by atoms with van der Waals surface area (Å²) < 4.78 is 13.4. The maximum atomic E-state index is 13.4. The van der Waals surface area contributed by atoms with E-state index in [9.17, 15) is 9.18 Å². The molecule has 0 amide bonds. The molecule has 82 valence electrons. The second-order valence-corrected chi connectivity index (χ2v) is 4.99. The van der Waals surface area contributed by atoms with Crippen LogP contribution >= 0.6 is 11.8 Å². The van der Waals surface area contributed by atoms with Gasteiger partial charge in [0, 0.05) is 10.1 Å². The van der Waals surface area contributed by atoms with Crippen LogP contribution < -0.4 is 0 Å². The molecule has 0 aliphatic heterocycles. The number of Topliss-reactive ketones (excluding diaryl/α,β-unsaturated/α-hetero) is 1. The molecule has 0 saturated carbocycles. The van der Waals surface area contributed by atoms with E-state index in [0.29, 0.717) is 5.25 Å². The number of benzene rings is 1. The van der Waals surface area contributed by atoms with Gasteiger partial charge in [0.05, 0.1) is 5.56 Å². The molecule has 0 spiro atoms. The van der Waals surface area contributed by atoms with Crippen LogP contribution in [0.3, 0.4) is 0 Å². The Morgan fingerprint density at radius 3 is 2.73 bits per heavy atom. The summed E-state index contributed by atoms with van der Waals surface area (Å²) >= 11 is 1.55. The van der Waals surface area contributed by atoms with Crippen LogP contribution in [0.15, 0.2) is 23.1 Å². The van der Waals surface area contributed by atoms with Crippen LogP contribution in [0.2, 0.25) is 0 Å². The number of thioether (sulfide) groups is 1. The zero-order valence-corrected chi connectivity index (χ0v) is 10.0. The van der Waals surface area contributed by atoms with E-state index < -0.39 is 5.82 Å². The van der Waals surface area contributed by atoms with Gasteiger partial charge in [0.2, 0.25) is 0 Å². The summed E-state index contributed by atoms with van der Waals surface area (Å²) in [4.78, 5) is 12.1. The van der Waals surface area contributed by atoms with Crippen LogP contribution in [0.25, 0.3) is 0 Å². The molecule has 1 unspecified atom stereocenters. The van der Waals surface area contributed by atoms with Gasteiger partial charge in [-0.15, -0.1) is 11.8 Å². The van der Waals surface area contributed by atoms with Crippen LogP contribution in [0, 0.1) is 5.82 Å². The fourth-order valence-electron chi connectivity index (χ4n) is 1.24. The SMILES string of the molecule is CCC(C)Sc1cccc(F)c1C(C)=O. The highest BCUT2D eigenvalue weighted by Gasteiger charge is 2.14. The lowest BCUT2D eigenvalue weighted by Crippen LogP contribution is -2.02. The predicted octanol–water partition coefficient (Wildman–Crippen LogP) is 3.92. The lowest BCUT2D eigenvalue weighted by atomic mass is 10.1. The van der Waals surface area contributed by atoms with E-state index in [2.05, 4.69) is 13.8 Å². The van der Waals surface area contributed by atoms with E-state index in [1.807, 2.05) is 0 Å². The molecule has 0 saturated heterocycles. The minimum absolute atomic E-state index is 0.209. The van der Waals surface area contributed by atoms with Crippen LogP contribution in [0.4, 0.5) is 4.39 Å². The Bertz CT molecular complexity index is 363. The molecule has 15 heavy (non-hydrogen) atoms. The fourth-order valence-corrected chi connectivity index (χ4v) is 2.36. The average molecular weight is 226 g/mol. The molecule has 0 aliphatic rings. The highest BCUT2D eigenvalue weighted by atomic mass is 32.2. The lowest BCUT2D eigenvalue weighted by Gasteiger charge is -2.11. The Kier molecular flexibility index (Phi) is 4.33. The minimum atomic E-state index is -0.421. The van der Waals surface area contributed by atoms with Gasteiger partial charge in [0.25, 0.3) is 0 Å². The predicted molar refractivity (Wildman–Crippen MR) is 62.0 cm³/mol. The summed E-state index contributed by atoms with van der Waals surface area (Å²) in [6.07, 6.45) is 0.999. The number of carbonyl (C=O) groups excluding carboxylic acids is 1. The quantitative estimate of drug-likeness (QED) is 0.571. The molecule has 0 heterocycles. The Balaban J connectivity index is 3.06. The van der Waals surface area contributed by atoms with Crippen molar-refractivity contribution in [2.45, 2.75) is 37.3 Å². The van der Waals surface area contributed by atoms with Crippen LogP contribution in [-0.4, -0.2) is 11.0 Å². The third kappa shape index (κ3) is 3.06. The molecule has 1 aromatic rings. The molecular weight excluding hydrogens is 211 g/mol. The summed E-state index contributed by atoms with van der Waals surface area (Å²) in [5, 5.41) is 0.393. The van der Waals surface area contributed by atoms with Gasteiger partial charge in [0.15, 0.2) is 5.78 Å². The summed E-state index contributed by atoms with van der Waals surface area (Å²) in [6, 6.07) is 4.78. The number of hydrogen-bond donors (Lipinski definition) is 0. The molecule has 0 N–H and O–H groups in total. The van der Waals surface area contributed by atoms with E-state index in [1.165, 1.54) is 13.0 Å². The first kappa shape index (κ1) is 12.2. The third-order valence-corrected chi connectivity index (χ3v) is 3.56. The van der Waals surface area contributed by atoms with Gasteiger partial charge in [-0.2, -0.15) is 0 Å². The van der Waals surface area contributed by atoms with Crippen molar-refractivity contribution in [3.8, 4) is 0 Å². The van der Waals surface area contributed by atoms with Gasteiger partial charge in [-0.25, -0.2) is 4.39 Å². The molecule has 0 aliphatic carbocycles. The zero-order chi connectivity index (χ0) is 11.4. The first-order valence-electron chi connectivity index (χ1n) is 5.02. The molecule has 1 rings (SSSR count). The van der Waals surface area contributed by atoms with Gasteiger partial charge < -0.3 is 0 Å². The van der Waals surface area contributed by atoms with Crippen LogP contribution in [0.1, 0.15) is 37.6 Å². The second kappa shape index (κ2) is 5.31. The summed E-state index contributed by atoms with van der Waals surface area (Å²) in [5.41, 5.74) is 0.225. The van der Waals surface area contributed by atoms with E-state index in [1.54, 1.807) is 23.9 Å². The van der Waals surface area contributed by atoms with Crippen molar-refractivity contribution in [1.29, 1.82) is 0 Å². The first-order valence-corrected chi connectivity index (χ1v) is 5.90. The lowest BCUT2D eigenvalue weighted by molar-refractivity contribution is 0.101. The maximum Gasteiger partial charge on any atom is 0.163 e. The van der Waals surface area contributed by atoms with Crippen molar-refractivity contribution in [2.24, 2.45) is 0 Å². The van der Waals surface area contributed by atoms with Gasteiger partial charge >= 0.3 is 0 Å². The van der Waals surface area contributed by atoms with Crippen LogP contribution in [0.5, 0.6) is 0 Å². The number of halogens is 1. The van der Waals surface area contributed by atoms with Gasteiger partial charge in [0.1, 0.15) is 5.82 Å². The van der Waals surface area contributed by atoms with Crippen molar-refractivity contribution in [3.05, 3.63) is 29.6 Å². The Hall–Kier alpha value is -0.830. The molecule has 0 radical (unpaired) electrons. The number of hydrogen-bond acceptors (Lipinski definition) is 2.